The second-order valence-electron chi connectivity index (χ2n) is 10.5. The highest BCUT2D eigenvalue weighted by Crippen LogP contribution is 2.46. The van der Waals surface area contributed by atoms with Crippen LogP contribution in [-0.2, 0) is 21.5 Å². The van der Waals surface area contributed by atoms with E-state index in [1.165, 1.54) is 5.56 Å². The summed E-state index contributed by atoms with van der Waals surface area (Å²) in [5.41, 5.74) is 1.76. The minimum absolute atomic E-state index is 0.00861. The molecule has 1 aliphatic rings. The van der Waals surface area contributed by atoms with E-state index in [9.17, 15) is 9.59 Å². The number of hydrogen-bond acceptors (Lipinski definition) is 3. The van der Waals surface area contributed by atoms with Crippen LogP contribution in [0.5, 0.6) is 0 Å². The zero-order valence-electron chi connectivity index (χ0n) is 19.6. The molecule has 0 aliphatic heterocycles. The average molecular weight is 422 g/mol. The fraction of sp³-hybridized carbons (Fsp3) is 0.500. The lowest BCUT2D eigenvalue weighted by atomic mass is 9.85. The van der Waals surface area contributed by atoms with Gasteiger partial charge < -0.3 is 10.6 Å². The predicted molar refractivity (Wildman–Crippen MR) is 123 cm³/mol. The summed E-state index contributed by atoms with van der Waals surface area (Å²) in [7, 11) is 0. The molecule has 1 aromatic heterocycles. The van der Waals surface area contributed by atoms with Crippen molar-refractivity contribution >= 4 is 11.8 Å². The Hall–Kier alpha value is -2.69. The van der Waals surface area contributed by atoms with Crippen LogP contribution in [0.15, 0.2) is 48.7 Å². The van der Waals surface area contributed by atoms with Gasteiger partial charge in [-0.25, -0.2) is 0 Å². The molecule has 2 amide bonds. The molecule has 31 heavy (non-hydrogen) atoms. The Kier molecular flexibility index (Phi) is 6.26. The van der Waals surface area contributed by atoms with Crippen LogP contribution >= 0.6 is 0 Å². The molecule has 1 aliphatic carbocycles. The number of carbonyl (C=O) groups excluding carboxylic acids is 2. The summed E-state index contributed by atoms with van der Waals surface area (Å²) in [5.74, 6) is 0.0554. The Morgan fingerprint density at radius 1 is 1.00 bits per heavy atom. The molecule has 5 nitrogen and oxygen atoms in total. The van der Waals surface area contributed by atoms with E-state index in [0.717, 1.165) is 24.1 Å². The molecule has 166 valence electrons. The van der Waals surface area contributed by atoms with Crippen LogP contribution in [0.25, 0.3) is 0 Å². The van der Waals surface area contributed by atoms with Crippen LogP contribution in [0, 0.1) is 10.8 Å². The van der Waals surface area contributed by atoms with Crippen LogP contribution in [-0.4, -0.2) is 16.8 Å². The van der Waals surface area contributed by atoms with Crippen molar-refractivity contribution in [2.75, 3.05) is 0 Å². The maximum atomic E-state index is 13.1. The Morgan fingerprint density at radius 3 is 2.16 bits per heavy atom. The highest BCUT2D eigenvalue weighted by atomic mass is 16.2. The molecule has 2 N–H and O–H groups in total. The highest BCUT2D eigenvalue weighted by Gasteiger charge is 2.47. The van der Waals surface area contributed by atoms with Crippen LogP contribution in [0.2, 0.25) is 0 Å². The molecule has 1 saturated carbocycles. The molecule has 3 rings (SSSR count). The Labute approximate surface area is 186 Å². The topological polar surface area (TPSA) is 71.1 Å². The molecule has 1 atom stereocenters. The van der Waals surface area contributed by atoms with Gasteiger partial charge in [0.15, 0.2) is 0 Å². The average Bonchev–Trinajstić information content (AvgIpc) is 3.49. The summed E-state index contributed by atoms with van der Waals surface area (Å²) >= 11 is 0. The third-order valence-electron chi connectivity index (χ3n) is 6.04. The van der Waals surface area contributed by atoms with E-state index in [1.54, 1.807) is 6.20 Å². The van der Waals surface area contributed by atoms with E-state index >= 15 is 0 Å². The summed E-state index contributed by atoms with van der Waals surface area (Å²) in [6.07, 6.45) is 4.30. The van der Waals surface area contributed by atoms with E-state index in [1.807, 2.05) is 71.9 Å². The minimum atomic E-state index is -0.578. The van der Waals surface area contributed by atoms with Gasteiger partial charge in [-0.1, -0.05) is 71.0 Å². The number of benzene rings is 1. The number of amides is 2. The fourth-order valence-electron chi connectivity index (χ4n) is 3.58. The van der Waals surface area contributed by atoms with Gasteiger partial charge in [-0.05, 0) is 37.0 Å². The molecule has 1 fully saturated rings. The van der Waals surface area contributed by atoms with Gasteiger partial charge in [0.05, 0.1) is 11.6 Å². The molecule has 0 unspecified atom stereocenters. The second kappa shape index (κ2) is 8.45. The first kappa shape index (κ1) is 23.0. The van der Waals surface area contributed by atoms with E-state index < -0.39 is 10.8 Å². The lowest BCUT2D eigenvalue weighted by Crippen LogP contribution is -2.44. The maximum Gasteiger partial charge on any atom is 0.226 e. The first-order valence-corrected chi connectivity index (χ1v) is 11.1. The zero-order valence-corrected chi connectivity index (χ0v) is 19.6. The van der Waals surface area contributed by atoms with Crippen LogP contribution in [0.3, 0.4) is 0 Å². The maximum absolute atomic E-state index is 13.1. The summed E-state index contributed by atoms with van der Waals surface area (Å²) in [6.45, 7) is 11.6. The van der Waals surface area contributed by atoms with Crippen molar-refractivity contribution in [3.63, 3.8) is 0 Å². The van der Waals surface area contributed by atoms with Gasteiger partial charge >= 0.3 is 0 Å². The first-order valence-electron chi connectivity index (χ1n) is 11.1. The molecule has 1 aromatic carbocycles. The van der Waals surface area contributed by atoms with Gasteiger partial charge in [0, 0.05) is 29.1 Å². The smallest absolute Gasteiger partial charge is 0.226 e. The van der Waals surface area contributed by atoms with Gasteiger partial charge in [0.25, 0.3) is 0 Å². The van der Waals surface area contributed by atoms with Crippen molar-refractivity contribution < 1.29 is 9.59 Å². The summed E-state index contributed by atoms with van der Waals surface area (Å²) in [4.78, 5) is 29.9. The quantitative estimate of drug-likeness (QED) is 0.682. The standard InChI is InChI=1S/C26H35N3O2/c1-18(28-22(30)24(2,3)4)19-12-13-21(27-17-19)16-25(5,6)23(31)29-26(14-15-26)20-10-8-7-9-11-20/h7-13,17-18H,14-16H2,1-6H3,(H,28,30)(H,29,31)/t18-/m0/s1. The molecule has 0 bridgehead atoms. The Bertz CT molecular complexity index is 923. The monoisotopic (exact) mass is 421 g/mol. The van der Waals surface area contributed by atoms with Crippen molar-refractivity contribution in [2.45, 2.75) is 72.4 Å². The number of carbonyl (C=O) groups is 2. The molecule has 5 heteroatoms. The number of rotatable bonds is 7. The van der Waals surface area contributed by atoms with E-state index in [0.29, 0.717) is 6.42 Å². The molecular formula is C26H35N3O2. The number of aromatic nitrogens is 1. The summed E-state index contributed by atoms with van der Waals surface area (Å²) in [5, 5.41) is 6.32. The van der Waals surface area contributed by atoms with Gasteiger partial charge in [0.2, 0.25) is 11.8 Å². The molecule has 1 heterocycles. The van der Waals surface area contributed by atoms with Crippen molar-refractivity contribution in [2.24, 2.45) is 10.8 Å². The lowest BCUT2D eigenvalue weighted by molar-refractivity contribution is -0.130. The molecule has 2 aromatic rings. The van der Waals surface area contributed by atoms with Crippen LogP contribution in [0.1, 0.15) is 77.2 Å². The predicted octanol–water partition coefficient (Wildman–Crippen LogP) is 4.68. The van der Waals surface area contributed by atoms with E-state index in [2.05, 4.69) is 27.8 Å². The summed E-state index contributed by atoms with van der Waals surface area (Å²) in [6, 6.07) is 14.0. The molecular weight excluding hydrogens is 386 g/mol. The number of nitrogens with one attached hydrogen (secondary N) is 2. The molecule has 0 saturated heterocycles. The highest BCUT2D eigenvalue weighted by molar-refractivity contribution is 5.83. The lowest BCUT2D eigenvalue weighted by Gasteiger charge is -2.28. The molecule has 0 radical (unpaired) electrons. The van der Waals surface area contributed by atoms with Crippen LogP contribution < -0.4 is 10.6 Å². The minimum Gasteiger partial charge on any atom is -0.349 e. The zero-order chi connectivity index (χ0) is 22.9. The van der Waals surface area contributed by atoms with Gasteiger partial charge in [-0.2, -0.15) is 0 Å². The fourth-order valence-corrected chi connectivity index (χ4v) is 3.58. The first-order chi connectivity index (χ1) is 14.4. The Balaban J connectivity index is 1.62. The van der Waals surface area contributed by atoms with Crippen molar-refractivity contribution in [1.29, 1.82) is 0 Å². The van der Waals surface area contributed by atoms with Gasteiger partial charge in [-0.15, -0.1) is 0 Å². The number of nitrogens with zero attached hydrogens (tertiary/aromatic N) is 1. The SMILES string of the molecule is C[C@H](NC(=O)C(C)(C)C)c1ccc(CC(C)(C)C(=O)NC2(c3ccccc3)CC2)nc1. The van der Waals surface area contributed by atoms with Gasteiger partial charge in [0.1, 0.15) is 0 Å². The third kappa shape index (κ3) is 5.52. The largest absolute Gasteiger partial charge is 0.349 e. The van der Waals surface area contributed by atoms with E-state index in [4.69, 9.17) is 0 Å². The van der Waals surface area contributed by atoms with Crippen molar-refractivity contribution in [3.8, 4) is 0 Å². The summed E-state index contributed by atoms with van der Waals surface area (Å²) < 4.78 is 0. The Morgan fingerprint density at radius 2 is 1.65 bits per heavy atom. The van der Waals surface area contributed by atoms with E-state index in [-0.39, 0.29) is 23.4 Å². The molecule has 0 spiro atoms. The van der Waals surface area contributed by atoms with Gasteiger partial charge in [-0.3, -0.25) is 14.6 Å². The van der Waals surface area contributed by atoms with Crippen molar-refractivity contribution in [3.05, 3.63) is 65.5 Å². The third-order valence-corrected chi connectivity index (χ3v) is 6.04. The number of hydrogen-bond donors (Lipinski definition) is 2. The number of pyridine rings is 1. The van der Waals surface area contributed by atoms with Crippen LogP contribution in [0.4, 0.5) is 0 Å². The normalized spacial score (nSPS) is 16.3. The van der Waals surface area contributed by atoms with Crippen molar-refractivity contribution in [1.82, 2.24) is 15.6 Å². The second-order valence-corrected chi connectivity index (χ2v) is 10.5.